The van der Waals surface area contributed by atoms with Gasteiger partial charge in [-0.2, -0.15) is 0 Å². The Bertz CT molecular complexity index is 561. The molecule has 2 heteroatoms. The molecule has 1 aliphatic heterocycles. The number of carbonyl (C=O) groups excluding carboxylic acids is 1. The number of carbonyl (C=O) groups is 1. The summed E-state index contributed by atoms with van der Waals surface area (Å²) in [6, 6.07) is 8.04. The van der Waals surface area contributed by atoms with Gasteiger partial charge in [0.05, 0.1) is 5.92 Å². The van der Waals surface area contributed by atoms with Crippen molar-refractivity contribution < 1.29 is 9.53 Å². The molecule has 2 nitrogen and oxygen atoms in total. The van der Waals surface area contributed by atoms with Gasteiger partial charge in [0.15, 0.2) is 5.76 Å². The van der Waals surface area contributed by atoms with Crippen LogP contribution in [-0.4, -0.2) is 11.9 Å². The first-order chi connectivity index (χ1) is 8.74. The summed E-state index contributed by atoms with van der Waals surface area (Å²) in [5.74, 6) is 0.387. The van der Waals surface area contributed by atoms with Crippen molar-refractivity contribution in [1.29, 1.82) is 0 Å². The molecular weight excluding hydrogens is 224 g/mol. The van der Waals surface area contributed by atoms with Gasteiger partial charge in [-0.25, -0.2) is 0 Å². The highest BCUT2D eigenvalue weighted by molar-refractivity contribution is 6.02. The van der Waals surface area contributed by atoms with Crippen molar-refractivity contribution in [2.75, 3.05) is 0 Å². The number of rotatable bonds is 1. The number of aryl methyl sites for hydroxylation is 1. The third-order valence-corrected chi connectivity index (χ3v) is 3.27. The van der Waals surface area contributed by atoms with Crippen molar-refractivity contribution >= 4 is 11.9 Å². The fourth-order valence-corrected chi connectivity index (χ4v) is 2.22. The van der Waals surface area contributed by atoms with Crippen LogP contribution in [-0.2, 0) is 9.53 Å². The standard InChI is InChI=1S/C16H14O2/c1-11-6-8-12(9-7-11)10-15-16(17)13-4-2-3-5-14(13)18-15/h2-10,13-14H,1H3/b15-10-. The van der Waals surface area contributed by atoms with E-state index in [9.17, 15) is 4.79 Å². The zero-order chi connectivity index (χ0) is 12.5. The number of hydrogen-bond donors (Lipinski definition) is 0. The van der Waals surface area contributed by atoms with E-state index in [1.165, 1.54) is 5.56 Å². The van der Waals surface area contributed by atoms with E-state index in [0.717, 1.165) is 5.56 Å². The molecule has 2 aliphatic rings. The molecule has 1 aliphatic carbocycles. The van der Waals surface area contributed by atoms with Gasteiger partial charge in [-0.05, 0) is 24.6 Å². The summed E-state index contributed by atoms with van der Waals surface area (Å²) >= 11 is 0. The number of allylic oxidation sites excluding steroid dienone is 3. The summed E-state index contributed by atoms with van der Waals surface area (Å²) in [6.07, 6.45) is 9.35. The molecule has 0 amide bonds. The lowest BCUT2D eigenvalue weighted by molar-refractivity contribution is -0.116. The molecule has 0 N–H and O–H groups in total. The molecular formula is C16H14O2. The Morgan fingerprint density at radius 3 is 2.56 bits per heavy atom. The minimum atomic E-state index is -0.147. The van der Waals surface area contributed by atoms with Gasteiger partial charge in [-0.3, -0.25) is 4.79 Å². The van der Waals surface area contributed by atoms with Crippen LogP contribution in [0.1, 0.15) is 11.1 Å². The van der Waals surface area contributed by atoms with E-state index in [-0.39, 0.29) is 17.8 Å². The highest BCUT2D eigenvalue weighted by Crippen LogP contribution is 2.31. The number of benzene rings is 1. The van der Waals surface area contributed by atoms with Crippen LogP contribution in [0, 0.1) is 12.8 Å². The summed E-state index contributed by atoms with van der Waals surface area (Å²) in [6.45, 7) is 2.04. The van der Waals surface area contributed by atoms with E-state index >= 15 is 0 Å². The first kappa shape index (κ1) is 11.0. The molecule has 2 unspecified atom stereocenters. The third kappa shape index (κ3) is 1.90. The maximum atomic E-state index is 12.1. The Balaban J connectivity index is 1.89. The number of Topliss-reactive ketones (excluding diaryl/α,β-unsaturated/α-hetero) is 1. The van der Waals surface area contributed by atoms with Crippen LogP contribution < -0.4 is 0 Å². The molecule has 3 rings (SSSR count). The van der Waals surface area contributed by atoms with E-state index in [1.54, 1.807) is 0 Å². The van der Waals surface area contributed by atoms with Gasteiger partial charge in [0, 0.05) is 0 Å². The average molecular weight is 238 g/mol. The van der Waals surface area contributed by atoms with Gasteiger partial charge in [-0.1, -0.05) is 48.1 Å². The third-order valence-electron chi connectivity index (χ3n) is 3.27. The minimum Gasteiger partial charge on any atom is -0.481 e. The molecule has 0 bridgehead atoms. The highest BCUT2D eigenvalue weighted by atomic mass is 16.5. The Morgan fingerprint density at radius 1 is 1.11 bits per heavy atom. The Morgan fingerprint density at radius 2 is 1.83 bits per heavy atom. The molecule has 1 heterocycles. The van der Waals surface area contributed by atoms with Crippen LogP contribution in [0.2, 0.25) is 0 Å². The van der Waals surface area contributed by atoms with Crippen LogP contribution in [0.25, 0.3) is 6.08 Å². The van der Waals surface area contributed by atoms with E-state index in [4.69, 9.17) is 4.74 Å². The SMILES string of the molecule is Cc1ccc(/C=C2\OC3C=CC=CC3C2=O)cc1. The molecule has 90 valence electrons. The predicted molar refractivity (Wildman–Crippen MR) is 70.8 cm³/mol. The lowest BCUT2D eigenvalue weighted by atomic mass is 9.95. The van der Waals surface area contributed by atoms with Gasteiger partial charge >= 0.3 is 0 Å². The van der Waals surface area contributed by atoms with Crippen LogP contribution in [0.4, 0.5) is 0 Å². The first-order valence-corrected chi connectivity index (χ1v) is 6.08. The molecule has 0 aromatic heterocycles. The maximum absolute atomic E-state index is 12.1. The van der Waals surface area contributed by atoms with Gasteiger partial charge in [0.1, 0.15) is 6.10 Å². The summed E-state index contributed by atoms with van der Waals surface area (Å²) in [5, 5.41) is 0. The first-order valence-electron chi connectivity index (χ1n) is 6.08. The van der Waals surface area contributed by atoms with Crippen LogP contribution in [0.15, 0.2) is 54.3 Å². The fourth-order valence-electron chi connectivity index (χ4n) is 2.22. The van der Waals surface area contributed by atoms with Crippen molar-refractivity contribution in [3.63, 3.8) is 0 Å². The molecule has 2 atom stereocenters. The lowest BCUT2D eigenvalue weighted by Crippen LogP contribution is -2.17. The second-order valence-corrected chi connectivity index (χ2v) is 4.66. The van der Waals surface area contributed by atoms with Gasteiger partial charge in [0.25, 0.3) is 0 Å². The molecule has 1 fully saturated rings. The van der Waals surface area contributed by atoms with E-state index < -0.39 is 0 Å². The summed E-state index contributed by atoms with van der Waals surface area (Å²) < 4.78 is 5.69. The zero-order valence-corrected chi connectivity index (χ0v) is 10.2. The highest BCUT2D eigenvalue weighted by Gasteiger charge is 2.37. The largest absolute Gasteiger partial charge is 0.481 e. The maximum Gasteiger partial charge on any atom is 0.208 e. The summed E-state index contributed by atoms with van der Waals surface area (Å²) in [7, 11) is 0. The molecule has 1 saturated heterocycles. The number of hydrogen-bond acceptors (Lipinski definition) is 2. The van der Waals surface area contributed by atoms with Crippen molar-refractivity contribution in [2.24, 2.45) is 5.92 Å². The molecule has 18 heavy (non-hydrogen) atoms. The van der Waals surface area contributed by atoms with Crippen molar-refractivity contribution in [3.8, 4) is 0 Å². The van der Waals surface area contributed by atoms with Crippen LogP contribution >= 0.6 is 0 Å². The second kappa shape index (κ2) is 4.30. The lowest BCUT2D eigenvalue weighted by Gasteiger charge is -2.10. The summed E-state index contributed by atoms with van der Waals surface area (Å²) in [5.41, 5.74) is 2.20. The normalized spacial score (nSPS) is 27.4. The molecule has 1 aromatic carbocycles. The summed E-state index contributed by atoms with van der Waals surface area (Å²) in [4.78, 5) is 12.1. The number of ether oxygens (including phenoxy) is 1. The molecule has 0 radical (unpaired) electrons. The minimum absolute atomic E-state index is 0.0705. The average Bonchev–Trinajstić information content (AvgIpc) is 2.70. The van der Waals surface area contributed by atoms with Crippen LogP contribution in [0.5, 0.6) is 0 Å². The fraction of sp³-hybridized carbons (Fsp3) is 0.188. The monoisotopic (exact) mass is 238 g/mol. The second-order valence-electron chi connectivity index (χ2n) is 4.66. The van der Waals surface area contributed by atoms with Crippen molar-refractivity contribution in [1.82, 2.24) is 0 Å². The molecule has 0 saturated carbocycles. The van der Waals surface area contributed by atoms with E-state index in [2.05, 4.69) is 0 Å². The molecule has 1 aromatic rings. The van der Waals surface area contributed by atoms with Gasteiger partial charge in [-0.15, -0.1) is 0 Å². The van der Waals surface area contributed by atoms with Crippen LogP contribution in [0.3, 0.4) is 0 Å². The topological polar surface area (TPSA) is 26.3 Å². The number of fused-ring (bicyclic) bond motifs is 1. The zero-order valence-electron chi connectivity index (χ0n) is 10.2. The van der Waals surface area contributed by atoms with E-state index in [0.29, 0.717) is 5.76 Å². The van der Waals surface area contributed by atoms with Crippen molar-refractivity contribution in [2.45, 2.75) is 13.0 Å². The Labute approximate surface area is 106 Å². The number of ketones is 1. The van der Waals surface area contributed by atoms with E-state index in [1.807, 2.05) is 61.6 Å². The van der Waals surface area contributed by atoms with Gasteiger partial charge in [0.2, 0.25) is 5.78 Å². The van der Waals surface area contributed by atoms with Crippen molar-refractivity contribution in [3.05, 3.63) is 65.5 Å². The van der Waals surface area contributed by atoms with Gasteiger partial charge < -0.3 is 4.74 Å². The predicted octanol–water partition coefficient (Wildman–Crippen LogP) is 3.05. The Hall–Kier alpha value is -2.09. The molecule has 0 spiro atoms. The Kier molecular flexibility index (Phi) is 2.63. The quantitative estimate of drug-likeness (QED) is 0.703. The smallest absolute Gasteiger partial charge is 0.208 e.